The van der Waals surface area contributed by atoms with E-state index in [1.165, 1.54) is 0 Å². The number of amides is 1. The number of nitrogens with one attached hydrogen (secondary N) is 1. The number of likely N-dealkylation sites (tertiary alicyclic amines) is 1. The van der Waals surface area contributed by atoms with E-state index in [1.54, 1.807) is 11.2 Å². The minimum Gasteiger partial charge on any atom is -0.351 e. The number of alkyl halides is 1. The number of hydrogen-bond donors (Lipinski definition) is 1. The fourth-order valence-electron chi connectivity index (χ4n) is 3.52. The highest BCUT2D eigenvalue weighted by molar-refractivity contribution is 5.99. The number of halogens is 1. The maximum atomic E-state index is 13.3. The van der Waals surface area contributed by atoms with E-state index < -0.39 is 6.17 Å². The lowest BCUT2D eigenvalue weighted by molar-refractivity contribution is 0.0667. The van der Waals surface area contributed by atoms with Gasteiger partial charge >= 0.3 is 0 Å². The molecular formula is C21H27FN4O. The number of aromatic nitrogens is 1. The van der Waals surface area contributed by atoms with E-state index in [1.807, 2.05) is 45.2 Å². The van der Waals surface area contributed by atoms with Gasteiger partial charge in [0.25, 0.3) is 5.91 Å². The van der Waals surface area contributed by atoms with Gasteiger partial charge in [-0.25, -0.2) is 4.39 Å². The zero-order chi connectivity index (χ0) is 19.4. The van der Waals surface area contributed by atoms with Crippen LogP contribution in [0.25, 0.3) is 16.6 Å². The lowest BCUT2D eigenvalue weighted by Gasteiger charge is -2.28. The largest absolute Gasteiger partial charge is 0.351 e. The number of aryl methyl sites for hydroxylation is 1. The Kier molecular flexibility index (Phi) is 5.94. The first kappa shape index (κ1) is 19.1. The zero-order valence-corrected chi connectivity index (χ0v) is 16.2. The van der Waals surface area contributed by atoms with Gasteiger partial charge < -0.3 is 14.8 Å². The van der Waals surface area contributed by atoms with Crippen LogP contribution in [0.2, 0.25) is 0 Å². The summed E-state index contributed by atoms with van der Waals surface area (Å²) in [5, 5.41) is 4.07. The van der Waals surface area contributed by atoms with Crippen LogP contribution < -0.4 is 5.32 Å². The van der Waals surface area contributed by atoms with E-state index in [9.17, 15) is 9.18 Å². The Hall–Kier alpha value is -2.63. The van der Waals surface area contributed by atoms with Crippen LogP contribution in [0.3, 0.4) is 0 Å². The minimum atomic E-state index is -0.775. The SMILES string of the molecule is CC.Cc1cn(C2=CNC=NC2)c2ccc(C(=O)N3CCC(F)CC3)cc12. The smallest absolute Gasteiger partial charge is 0.253 e. The normalized spacial score (nSPS) is 17.2. The van der Waals surface area contributed by atoms with Gasteiger partial charge in [-0.2, -0.15) is 0 Å². The lowest BCUT2D eigenvalue weighted by atomic mass is 10.1. The van der Waals surface area contributed by atoms with Crippen molar-refractivity contribution in [3.63, 3.8) is 0 Å². The van der Waals surface area contributed by atoms with Crippen LogP contribution in [0.1, 0.15) is 42.6 Å². The summed E-state index contributed by atoms with van der Waals surface area (Å²) in [5.41, 5.74) is 3.90. The van der Waals surface area contributed by atoms with E-state index >= 15 is 0 Å². The molecule has 0 unspecified atom stereocenters. The Morgan fingerprint density at radius 1 is 1.26 bits per heavy atom. The molecule has 0 spiro atoms. The quantitative estimate of drug-likeness (QED) is 0.869. The predicted octanol–water partition coefficient (Wildman–Crippen LogP) is 3.98. The molecule has 6 heteroatoms. The van der Waals surface area contributed by atoms with E-state index in [2.05, 4.69) is 21.1 Å². The van der Waals surface area contributed by atoms with Crippen molar-refractivity contribution in [3.05, 3.63) is 41.7 Å². The number of fused-ring (bicyclic) bond motifs is 1. The van der Waals surface area contributed by atoms with Gasteiger partial charge in [-0.3, -0.25) is 9.79 Å². The first-order chi connectivity index (χ1) is 13.1. The molecule has 1 amide bonds. The molecule has 1 aromatic heterocycles. The summed E-state index contributed by atoms with van der Waals surface area (Å²) >= 11 is 0. The number of carbonyl (C=O) groups is 1. The highest BCUT2D eigenvalue weighted by atomic mass is 19.1. The lowest BCUT2D eigenvalue weighted by Crippen LogP contribution is -2.39. The highest BCUT2D eigenvalue weighted by Crippen LogP contribution is 2.26. The second-order valence-corrected chi connectivity index (χ2v) is 6.65. The third kappa shape index (κ3) is 3.89. The third-order valence-electron chi connectivity index (χ3n) is 4.94. The molecule has 1 N–H and O–H groups in total. The van der Waals surface area contributed by atoms with Gasteiger partial charge in [-0.05, 0) is 43.5 Å². The van der Waals surface area contributed by atoms with Gasteiger partial charge in [0.05, 0.1) is 24.1 Å². The summed E-state index contributed by atoms with van der Waals surface area (Å²) in [7, 11) is 0. The fourth-order valence-corrected chi connectivity index (χ4v) is 3.52. The third-order valence-corrected chi connectivity index (χ3v) is 4.94. The van der Waals surface area contributed by atoms with Crippen molar-refractivity contribution in [2.75, 3.05) is 19.6 Å². The number of hydrogen-bond acceptors (Lipinski definition) is 3. The van der Waals surface area contributed by atoms with Crippen molar-refractivity contribution >= 4 is 28.8 Å². The van der Waals surface area contributed by atoms with E-state index in [0.29, 0.717) is 38.0 Å². The standard InChI is InChI=1S/C19H21FN4O.C2H6/c1-13-11-24(16-9-21-12-22-10-16)18-3-2-14(8-17(13)18)19(25)23-6-4-15(20)5-7-23;1-2/h2-3,8-9,11-12,15H,4-7,10H2,1H3,(H,21,22);1-2H3. The molecule has 1 aromatic carbocycles. The molecule has 0 aliphatic carbocycles. The molecule has 2 aromatic rings. The average Bonchev–Trinajstić information content (AvgIpc) is 3.06. The molecule has 2 aliphatic rings. The summed E-state index contributed by atoms with van der Waals surface area (Å²) in [6.07, 6.45) is 5.78. The molecule has 3 heterocycles. The predicted molar refractivity (Wildman–Crippen MR) is 109 cm³/mol. The van der Waals surface area contributed by atoms with E-state index in [4.69, 9.17) is 0 Å². The van der Waals surface area contributed by atoms with Gasteiger partial charge in [-0.1, -0.05) is 13.8 Å². The molecule has 1 saturated heterocycles. The Labute approximate surface area is 159 Å². The number of carbonyl (C=O) groups excluding carboxylic acids is 1. The molecule has 0 bridgehead atoms. The van der Waals surface area contributed by atoms with Crippen LogP contribution in [0.5, 0.6) is 0 Å². The van der Waals surface area contributed by atoms with Gasteiger partial charge in [0.1, 0.15) is 6.17 Å². The van der Waals surface area contributed by atoms with Gasteiger partial charge in [0.15, 0.2) is 0 Å². The average molecular weight is 370 g/mol. The summed E-state index contributed by atoms with van der Waals surface area (Å²) in [4.78, 5) is 18.7. The molecule has 0 atom stereocenters. The van der Waals surface area contributed by atoms with E-state index in [0.717, 1.165) is 22.2 Å². The number of rotatable bonds is 2. The first-order valence-electron chi connectivity index (χ1n) is 9.62. The van der Waals surface area contributed by atoms with Crippen LogP contribution in [0.15, 0.2) is 35.6 Å². The number of nitrogens with zero attached hydrogens (tertiary/aromatic N) is 3. The molecule has 0 saturated carbocycles. The van der Waals surface area contributed by atoms with Gasteiger partial charge in [0.2, 0.25) is 0 Å². The summed E-state index contributed by atoms with van der Waals surface area (Å²) < 4.78 is 15.4. The summed E-state index contributed by atoms with van der Waals surface area (Å²) in [6, 6.07) is 5.80. The highest BCUT2D eigenvalue weighted by Gasteiger charge is 2.23. The topological polar surface area (TPSA) is 49.6 Å². The van der Waals surface area contributed by atoms with Crippen molar-refractivity contribution in [1.29, 1.82) is 0 Å². The van der Waals surface area contributed by atoms with Crippen LogP contribution in [0, 0.1) is 6.92 Å². The van der Waals surface area contributed by atoms with Crippen LogP contribution >= 0.6 is 0 Å². The van der Waals surface area contributed by atoms with Crippen LogP contribution in [-0.4, -0.2) is 47.5 Å². The maximum Gasteiger partial charge on any atom is 0.253 e. The molecule has 5 nitrogen and oxygen atoms in total. The zero-order valence-electron chi connectivity index (χ0n) is 16.2. The minimum absolute atomic E-state index is 0.0101. The first-order valence-corrected chi connectivity index (χ1v) is 9.62. The van der Waals surface area contributed by atoms with E-state index in [-0.39, 0.29) is 5.91 Å². The summed E-state index contributed by atoms with van der Waals surface area (Å²) in [5.74, 6) is -0.0101. The number of benzene rings is 1. The van der Waals surface area contributed by atoms with Gasteiger partial charge in [0, 0.05) is 36.4 Å². The van der Waals surface area contributed by atoms with Crippen molar-refractivity contribution < 1.29 is 9.18 Å². The van der Waals surface area contributed by atoms with Gasteiger partial charge in [-0.15, -0.1) is 0 Å². The van der Waals surface area contributed by atoms with Crippen LogP contribution in [0.4, 0.5) is 4.39 Å². The molecule has 144 valence electrons. The van der Waals surface area contributed by atoms with Crippen molar-refractivity contribution in [1.82, 2.24) is 14.8 Å². The molecule has 2 aliphatic heterocycles. The second-order valence-electron chi connectivity index (χ2n) is 6.65. The molecule has 0 radical (unpaired) electrons. The Balaban J connectivity index is 0.00000102. The van der Waals surface area contributed by atoms with Crippen molar-refractivity contribution in [3.8, 4) is 0 Å². The molecule has 4 rings (SSSR count). The summed E-state index contributed by atoms with van der Waals surface area (Å²) in [6.45, 7) is 7.65. The second kappa shape index (κ2) is 8.37. The number of aliphatic imine (C=N–C) groups is 1. The van der Waals surface area contributed by atoms with Crippen LogP contribution in [-0.2, 0) is 0 Å². The Morgan fingerprint density at radius 2 is 2.00 bits per heavy atom. The Morgan fingerprint density at radius 3 is 2.67 bits per heavy atom. The van der Waals surface area contributed by atoms with Crippen molar-refractivity contribution in [2.45, 2.75) is 39.8 Å². The molecule has 27 heavy (non-hydrogen) atoms. The van der Waals surface area contributed by atoms with Crippen molar-refractivity contribution in [2.24, 2.45) is 4.99 Å². The fraction of sp³-hybridized carbons (Fsp3) is 0.429. The maximum absolute atomic E-state index is 13.3. The molecular weight excluding hydrogens is 343 g/mol. The number of piperidine rings is 1. The molecule has 1 fully saturated rings. The monoisotopic (exact) mass is 370 g/mol. The Bertz CT molecular complexity index is 876.